The minimum atomic E-state index is 0.173. The highest BCUT2D eigenvalue weighted by Gasteiger charge is 2.23. The Bertz CT molecular complexity index is 404. The number of hydrogen-bond acceptors (Lipinski definition) is 2. The number of nitrogens with one attached hydrogen (secondary N) is 1. The maximum atomic E-state index is 6.45. The summed E-state index contributed by atoms with van der Waals surface area (Å²) in [6.07, 6.45) is 5.65. The Morgan fingerprint density at radius 1 is 1.10 bits per heavy atom. The number of hydrogen-bond donors (Lipinski definition) is 1. The van der Waals surface area contributed by atoms with Crippen molar-refractivity contribution in [3.8, 4) is 0 Å². The van der Waals surface area contributed by atoms with Crippen LogP contribution in [0, 0.1) is 12.8 Å². The van der Waals surface area contributed by atoms with Gasteiger partial charge in [0.1, 0.15) is 0 Å². The third-order valence-electron chi connectivity index (χ3n) is 4.48. The van der Waals surface area contributed by atoms with Crippen LogP contribution in [0.25, 0.3) is 0 Å². The van der Waals surface area contributed by atoms with Crippen LogP contribution < -0.4 is 5.32 Å². The van der Waals surface area contributed by atoms with Crippen molar-refractivity contribution in [2.75, 3.05) is 6.54 Å². The van der Waals surface area contributed by atoms with Gasteiger partial charge in [-0.2, -0.15) is 0 Å². The largest absolute Gasteiger partial charge is 0.369 e. The molecule has 0 spiro atoms. The molecule has 0 aliphatic heterocycles. The van der Waals surface area contributed by atoms with Gasteiger partial charge in [0.25, 0.3) is 0 Å². The average molecular weight is 289 g/mol. The number of aryl methyl sites for hydroxylation is 1. The van der Waals surface area contributed by atoms with Gasteiger partial charge in [0.2, 0.25) is 0 Å². The topological polar surface area (TPSA) is 21.3 Å². The highest BCUT2D eigenvalue weighted by Crippen LogP contribution is 2.29. The maximum absolute atomic E-state index is 6.45. The van der Waals surface area contributed by atoms with Gasteiger partial charge in [0.15, 0.2) is 0 Å². The second-order valence-corrected chi connectivity index (χ2v) is 6.98. The van der Waals surface area contributed by atoms with Crippen LogP contribution in [0.3, 0.4) is 0 Å². The van der Waals surface area contributed by atoms with Gasteiger partial charge in [-0.25, -0.2) is 0 Å². The smallest absolute Gasteiger partial charge is 0.0953 e. The Kier molecular flexibility index (Phi) is 6.25. The van der Waals surface area contributed by atoms with E-state index in [-0.39, 0.29) is 6.10 Å². The van der Waals surface area contributed by atoms with E-state index in [2.05, 4.69) is 57.3 Å². The lowest BCUT2D eigenvalue weighted by Gasteiger charge is -2.31. The summed E-state index contributed by atoms with van der Waals surface area (Å²) in [6.45, 7) is 9.76. The molecule has 1 atom stereocenters. The molecular formula is C19H31NO. The van der Waals surface area contributed by atoms with Crippen LogP contribution >= 0.6 is 0 Å². The zero-order valence-electron chi connectivity index (χ0n) is 14.1. The van der Waals surface area contributed by atoms with Crippen LogP contribution in [0.2, 0.25) is 0 Å². The monoisotopic (exact) mass is 289 g/mol. The van der Waals surface area contributed by atoms with Crippen molar-refractivity contribution in [1.29, 1.82) is 0 Å². The van der Waals surface area contributed by atoms with Crippen molar-refractivity contribution >= 4 is 0 Å². The normalized spacial score (nSPS) is 24.2. The first-order valence-electron chi connectivity index (χ1n) is 8.50. The standard InChI is InChI=1S/C19H31NO/c1-14(2)20-13-19(17-9-5-15(3)6-10-17)21-18-11-7-16(4)8-12-18/h5-6,9-10,14,16,18-20H,7-8,11-13H2,1-4H3. The summed E-state index contributed by atoms with van der Waals surface area (Å²) in [7, 11) is 0. The van der Waals surface area contributed by atoms with Gasteiger partial charge in [-0.05, 0) is 44.1 Å². The van der Waals surface area contributed by atoms with E-state index in [4.69, 9.17) is 4.74 Å². The fraction of sp³-hybridized carbons (Fsp3) is 0.684. The molecule has 0 aromatic heterocycles. The van der Waals surface area contributed by atoms with E-state index in [0.29, 0.717) is 12.1 Å². The predicted octanol–water partition coefficient (Wildman–Crippen LogP) is 4.63. The summed E-state index contributed by atoms with van der Waals surface area (Å²) in [5.74, 6) is 0.872. The summed E-state index contributed by atoms with van der Waals surface area (Å²) < 4.78 is 6.45. The second kappa shape index (κ2) is 7.95. The van der Waals surface area contributed by atoms with Crippen molar-refractivity contribution in [2.45, 2.75) is 71.6 Å². The molecule has 118 valence electrons. The van der Waals surface area contributed by atoms with Crippen LogP contribution in [-0.4, -0.2) is 18.7 Å². The van der Waals surface area contributed by atoms with Crippen LogP contribution in [-0.2, 0) is 4.74 Å². The first-order chi connectivity index (χ1) is 10.0. The number of rotatable bonds is 6. The summed E-state index contributed by atoms with van der Waals surface area (Å²) in [6, 6.07) is 9.29. The van der Waals surface area contributed by atoms with Gasteiger partial charge >= 0.3 is 0 Å². The van der Waals surface area contributed by atoms with E-state index in [0.717, 1.165) is 12.5 Å². The molecule has 2 heteroatoms. The van der Waals surface area contributed by atoms with Crippen molar-refractivity contribution in [1.82, 2.24) is 5.32 Å². The molecule has 2 rings (SSSR count). The Labute approximate surface area is 130 Å². The molecule has 0 amide bonds. The number of benzene rings is 1. The van der Waals surface area contributed by atoms with Crippen molar-refractivity contribution in [3.63, 3.8) is 0 Å². The van der Waals surface area contributed by atoms with E-state index in [9.17, 15) is 0 Å². The molecule has 1 N–H and O–H groups in total. The molecule has 21 heavy (non-hydrogen) atoms. The van der Waals surface area contributed by atoms with Crippen molar-refractivity contribution in [3.05, 3.63) is 35.4 Å². The van der Waals surface area contributed by atoms with Crippen molar-refractivity contribution in [2.24, 2.45) is 5.92 Å². The third-order valence-corrected chi connectivity index (χ3v) is 4.48. The van der Waals surface area contributed by atoms with Gasteiger partial charge in [0, 0.05) is 12.6 Å². The molecule has 0 bridgehead atoms. The molecule has 2 nitrogen and oxygen atoms in total. The molecular weight excluding hydrogens is 258 g/mol. The minimum Gasteiger partial charge on any atom is -0.369 e. The number of ether oxygens (including phenoxy) is 1. The maximum Gasteiger partial charge on any atom is 0.0953 e. The fourth-order valence-electron chi connectivity index (χ4n) is 2.97. The van der Waals surface area contributed by atoms with E-state index in [1.54, 1.807) is 0 Å². The van der Waals surface area contributed by atoms with Crippen LogP contribution in [0.5, 0.6) is 0 Å². The van der Waals surface area contributed by atoms with E-state index in [1.165, 1.54) is 36.8 Å². The summed E-state index contributed by atoms with van der Waals surface area (Å²) in [4.78, 5) is 0. The quantitative estimate of drug-likeness (QED) is 0.824. The first kappa shape index (κ1) is 16.5. The predicted molar refractivity (Wildman–Crippen MR) is 89.6 cm³/mol. The highest BCUT2D eigenvalue weighted by atomic mass is 16.5. The second-order valence-electron chi connectivity index (χ2n) is 6.98. The Balaban J connectivity index is 1.99. The molecule has 1 unspecified atom stereocenters. The minimum absolute atomic E-state index is 0.173. The Hall–Kier alpha value is -0.860. The summed E-state index contributed by atoms with van der Waals surface area (Å²) in [5.41, 5.74) is 2.60. The Morgan fingerprint density at radius 2 is 1.71 bits per heavy atom. The van der Waals surface area contributed by atoms with Gasteiger partial charge in [-0.15, -0.1) is 0 Å². The van der Waals surface area contributed by atoms with E-state index >= 15 is 0 Å². The molecule has 0 heterocycles. The molecule has 0 saturated heterocycles. The Morgan fingerprint density at radius 3 is 2.29 bits per heavy atom. The van der Waals surface area contributed by atoms with E-state index < -0.39 is 0 Å². The first-order valence-corrected chi connectivity index (χ1v) is 8.50. The highest BCUT2D eigenvalue weighted by molar-refractivity contribution is 5.23. The van der Waals surface area contributed by atoms with Crippen LogP contribution in [0.1, 0.15) is 63.7 Å². The van der Waals surface area contributed by atoms with Crippen LogP contribution in [0.4, 0.5) is 0 Å². The zero-order valence-corrected chi connectivity index (χ0v) is 14.1. The summed E-state index contributed by atoms with van der Waals surface area (Å²) >= 11 is 0. The van der Waals surface area contributed by atoms with Crippen LogP contribution in [0.15, 0.2) is 24.3 Å². The SMILES string of the molecule is Cc1ccc(C(CNC(C)C)OC2CCC(C)CC2)cc1. The molecule has 1 aromatic rings. The fourth-order valence-corrected chi connectivity index (χ4v) is 2.97. The summed E-state index contributed by atoms with van der Waals surface area (Å²) in [5, 5.41) is 3.53. The van der Waals surface area contributed by atoms with Gasteiger partial charge < -0.3 is 10.1 Å². The van der Waals surface area contributed by atoms with Gasteiger partial charge in [-0.3, -0.25) is 0 Å². The molecule has 1 aliphatic rings. The molecule has 0 radical (unpaired) electrons. The van der Waals surface area contributed by atoms with Gasteiger partial charge in [-0.1, -0.05) is 50.6 Å². The third kappa shape index (κ3) is 5.44. The zero-order chi connectivity index (χ0) is 15.2. The van der Waals surface area contributed by atoms with E-state index in [1.807, 2.05) is 0 Å². The molecule has 1 fully saturated rings. The molecule has 1 aromatic carbocycles. The van der Waals surface area contributed by atoms with Gasteiger partial charge in [0.05, 0.1) is 12.2 Å². The molecule has 1 aliphatic carbocycles. The lowest BCUT2D eigenvalue weighted by Crippen LogP contribution is -2.32. The lowest BCUT2D eigenvalue weighted by molar-refractivity contribution is -0.0369. The molecule has 1 saturated carbocycles. The van der Waals surface area contributed by atoms with Crippen molar-refractivity contribution < 1.29 is 4.74 Å². The average Bonchev–Trinajstić information content (AvgIpc) is 2.46. The lowest BCUT2D eigenvalue weighted by atomic mass is 9.89.